The molecule has 4 heteroatoms. The Labute approximate surface area is 156 Å². The molecule has 0 spiro atoms. The SMILES string of the molecule is CCCCCCOc1ccc(NC(=O)COc2ccc(CC)cc2)cc1. The van der Waals surface area contributed by atoms with Crippen molar-refractivity contribution in [3.63, 3.8) is 0 Å². The van der Waals surface area contributed by atoms with E-state index in [9.17, 15) is 4.79 Å². The first kappa shape index (κ1) is 19.8. The van der Waals surface area contributed by atoms with Crippen LogP contribution in [-0.4, -0.2) is 19.1 Å². The second-order valence-electron chi connectivity index (χ2n) is 6.27. The monoisotopic (exact) mass is 355 g/mol. The van der Waals surface area contributed by atoms with Gasteiger partial charge in [-0.15, -0.1) is 0 Å². The number of rotatable bonds is 11. The van der Waals surface area contributed by atoms with Gasteiger partial charge in [0.15, 0.2) is 6.61 Å². The molecule has 0 bridgehead atoms. The molecule has 1 N–H and O–H groups in total. The predicted molar refractivity (Wildman–Crippen MR) is 106 cm³/mol. The fourth-order valence-electron chi connectivity index (χ4n) is 2.52. The molecule has 0 saturated heterocycles. The normalized spacial score (nSPS) is 10.4. The van der Waals surface area contributed by atoms with E-state index in [0.717, 1.165) is 30.9 Å². The summed E-state index contributed by atoms with van der Waals surface area (Å²) in [6.07, 6.45) is 5.73. The van der Waals surface area contributed by atoms with E-state index >= 15 is 0 Å². The molecule has 0 fully saturated rings. The number of hydrogen-bond donors (Lipinski definition) is 1. The van der Waals surface area contributed by atoms with Crippen LogP contribution in [0.2, 0.25) is 0 Å². The molecular weight excluding hydrogens is 326 g/mol. The lowest BCUT2D eigenvalue weighted by atomic mass is 10.2. The van der Waals surface area contributed by atoms with Gasteiger partial charge in [-0.25, -0.2) is 0 Å². The summed E-state index contributed by atoms with van der Waals surface area (Å²) in [5, 5.41) is 2.83. The minimum atomic E-state index is -0.183. The van der Waals surface area contributed by atoms with Crippen LogP contribution >= 0.6 is 0 Å². The fraction of sp³-hybridized carbons (Fsp3) is 0.409. The highest BCUT2D eigenvalue weighted by atomic mass is 16.5. The van der Waals surface area contributed by atoms with Crippen molar-refractivity contribution in [3.8, 4) is 11.5 Å². The van der Waals surface area contributed by atoms with Crippen molar-refractivity contribution in [3.05, 3.63) is 54.1 Å². The third kappa shape index (κ3) is 7.18. The lowest BCUT2D eigenvalue weighted by Gasteiger charge is -2.09. The quantitative estimate of drug-likeness (QED) is 0.562. The summed E-state index contributed by atoms with van der Waals surface area (Å²) in [5.74, 6) is 1.34. The number of benzene rings is 2. The lowest BCUT2D eigenvalue weighted by molar-refractivity contribution is -0.118. The standard InChI is InChI=1S/C22H29NO3/c1-3-5-6-7-16-25-20-14-10-19(11-15-20)23-22(24)17-26-21-12-8-18(4-2)9-13-21/h8-15H,3-7,16-17H2,1-2H3,(H,23,24). The van der Waals surface area contributed by atoms with Gasteiger partial charge in [0.2, 0.25) is 0 Å². The molecule has 26 heavy (non-hydrogen) atoms. The van der Waals surface area contributed by atoms with Crippen molar-refractivity contribution >= 4 is 11.6 Å². The van der Waals surface area contributed by atoms with Crippen LogP contribution in [0.5, 0.6) is 11.5 Å². The number of carbonyl (C=O) groups excluding carboxylic acids is 1. The van der Waals surface area contributed by atoms with E-state index in [2.05, 4.69) is 19.2 Å². The van der Waals surface area contributed by atoms with Crippen LogP contribution in [0.4, 0.5) is 5.69 Å². The molecule has 1 amide bonds. The average Bonchev–Trinajstić information content (AvgIpc) is 2.68. The number of anilines is 1. The van der Waals surface area contributed by atoms with Crippen LogP contribution < -0.4 is 14.8 Å². The minimum Gasteiger partial charge on any atom is -0.494 e. The Kier molecular flexibility index (Phi) is 8.53. The molecule has 0 aromatic heterocycles. The number of hydrogen-bond acceptors (Lipinski definition) is 3. The van der Waals surface area contributed by atoms with Gasteiger partial charge in [-0.05, 0) is 54.8 Å². The minimum absolute atomic E-state index is 0.0127. The van der Waals surface area contributed by atoms with E-state index in [0.29, 0.717) is 5.75 Å². The molecule has 2 aromatic rings. The second kappa shape index (κ2) is 11.2. The molecule has 0 aliphatic carbocycles. The molecule has 140 valence electrons. The molecule has 2 rings (SSSR count). The first-order valence-corrected chi connectivity index (χ1v) is 9.45. The van der Waals surface area contributed by atoms with Crippen LogP contribution in [0.25, 0.3) is 0 Å². The number of nitrogens with one attached hydrogen (secondary N) is 1. The Hall–Kier alpha value is -2.49. The first-order chi connectivity index (χ1) is 12.7. The van der Waals surface area contributed by atoms with Crippen LogP contribution in [0.3, 0.4) is 0 Å². The molecule has 0 radical (unpaired) electrons. The summed E-state index contributed by atoms with van der Waals surface area (Å²) in [5.41, 5.74) is 1.98. The molecular formula is C22H29NO3. The summed E-state index contributed by atoms with van der Waals surface area (Å²) in [6.45, 7) is 5.02. The second-order valence-corrected chi connectivity index (χ2v) is 6.27. The maximum Gasteiger partial charge on any atom is 0.262 e. The summed E-state index contributed by atoms with van der Waals surface area (Å²) in [6, 6.07) is 15.2. The molecule has 0 aliphatic rings. The van der Waals surface area contributed by atoms with Gasteiger partial charge in [-0.3, -0.25) is 4.79 Å². The van der Waals surface area contributed by atoms with Crippen LogP contribution in [0.15, 0.2) is 48.5 Å². The zero-order valence-electron chi connectivity index (χ0n) is 15.8. The van der Waals surface area contributed by atoms with Crippen molar-refractivity contribution in [2.75, 3.05) is 18.5 Å². The molecule has 2 aromatic carbocycles. The highest BCUT2D eigenvalue weighted by molar-refractivity contribution is 5.91. The maximum absolute atomic E-state index is 12.0. The fourth-order valence-corrected chi connectivity index (χ4v) is 2.52. The number of ether oxygens (including phenoxy) is 2. The smallest absolute Gasteiger partial charge is 0.262 e. The predicted octanol–water partition coefficient (Wildman–Crippen LogP) is 5.23. The van der Waals surface area contributed by atoms with Crippen molar-refractivity contribution in [1.29, 1.82) is 0 Å². The third-order valence-corrected chi connectivity index (χ3v) is 4.11. The summed E-state index contributed by atoms with van der Waals surface area (Å²) < 4.78 is 11.2. The van der Waals surface area contributed by atoms with Gasteiger partial charge >= 0.3 is 0 Å². The van der Waals surface area contributed by atoms with Crippen molar-refractivity contribution in [1.82, 2.24) is 0 Å². The van der Waals surface area contributed by atoms with Gasteiger partial charge in [-0.1, -0.05) is 45.2 Å². The average molecular weight is 355 g/mol. The van der Waals surface area contributed by atoms with Crippen LogP contribution in [0.1, 0.15) is 45.1 Å². The molecule has 0 atom stereocenters. The molecule has 0 aliphatic heterocycles. The number of unbranched alkanes of at least 4 members (excludes halogenated alkanes) is 3. The maximum atomic E-state index is 12.0. The van der Waals surface area contributed by atoms with E-state index in [-0.39, 0.29) is 12.5 Å². The first-order valence-electron chi connectivity index (χ1n) is 9.45. The van der Waals surface area contributed by atoms with Gasteiger partial charge in [0.05, 0.1) is 6.61 Å². The Bertz CT molecular complexity index is 650. The van der Waals surface area contributed by atoms with Crippen molar-refractivity contribution in [2.24, 2.45) is 0 Å². The lowest BCUT2D eigenvalue weighted by Crippen LogP contribution is -2.20. The number of amides is 1. The Morgan fingerprint density at radius 1 is 0.846 bits per heavy atom. The Morgan fingerprint density at radius 2 is 1.50 bits per heavy atom. The van der Waals surface area contributed by atoms with Crippen LogP contribution in [-0.2, 0) is 11.2 Å². The van der Waals surface area contributed by atoms with Gasteiger partial charge in [0.1, 0.15) is 11.5 Å². The zero-order valence-corrected chi connectivity index (χ0v) is 15.8. The van der Waals surface area contributed by atoms with E-state index in [1.165, 1.54) is 24.8 Å². The number of carbonyl (C=O) groups is 1. The topological polar surface area (TPSA) is 47.6 Å². The van der Waals surface area contributed by atoms with Crippen molar-refractivity contribution in [2.45, 2.75) is 46.0 Å². The summed E-state index contributed by atoms with van der Waals surface area (Å²) in [4.78, 5) is 12.0. The van der Waals surface area contributed by atoms with Gasteiger partial charge in [0, 0.05) is 5.69 Å². The molecule has 0 saturated carbocycles. The highest BCUT2D eigenvalue weighted by Crippen LogP contribution is 2.17. The third-order valence-electron chi connectivity index (χ3n) is 4.11. The van der Waals surface area contributed by atoms with Crippen LogP contribution in [0, 0.1) is 0 Å². The Balaban J connectivity index is 1.70. The van der Waals surface area contributed by atoms with E-state index in [1.54, 1.807) is 0 Å². The van der Waals surface area contributed by atoms with E-state index in [1.807, 2.05) is 48.5 Å². The molecule has 0 unspecified atom stereocenters. The largest absolute Gasteiger partial charge is 0.494 e. The van der Waals surface area contributed by atoms with Gasteiger partial charge in [-0.2, -0.15) is 0 Å². The summed E-state index contributed by atoms with van der Waals surface area (Å²) in [7, 11) is 0. The van der Waals surface area contributed by atoms with E-state index < -0.39 is 0 Å². The zero-order chi connectivity index (χ0) is 18.6. The van der Waals surface area contributed by atoms with Gasteiger partial charge < -0.3 is 14.8 Å². The number of aryl methyl sites for hydroxylation is 1. The van der Waals surface area contributed by atoms with E-state index in [4.69, 9.17) is 9.47 Å². The molecule has 4 nitrogen and oxygen atoms in total. The highest BCUT2D eigenvalue weighted by Gasteiger charge is 2.04. The Morgan fingerprint density at radius 3 is 2.15 bits per heavy atom. The summed E-state index contributed by atoms with van der Waals surface area (Å²) >= 11 is 0. The molecule has 0 heterocycles. The van der Waals surface area contributed by atoms with Gasteiger partial charge in [0.25, 0.3) is 5.91 Å². The van der Waals surface area contributed by atoms with Crippen molar-refractivity contribution < 1.29 is 14.3 Å².